The molecule has 0 spiro atoms. The molecule has 3 N–H and O–H groups in total. The Labute approximate surface area is 203 Å². The number of carbonyl (C=O) groups excluding carboxylic acids is 1. The Balaban J connectivity index is 0.000000204. The number of benzene rings is 2. The maximum Gasteiger partial charge on any atom is 0.373 e. The summed E-state index contributed by atoms with van der Waals surface area (Å²) in [5, 5.41) is 23.1. The molecule has 6 nitrogen and oxygen atoms in total. The molecule has 0 aromatic heterocycles. The van der Waals surface area contributed by atoms with E-state index in [-0.39, 0.29) is 0 Å². The van der Waals surface area contributed by atoms with Crippen LogP contribution in [0.2, 0.25) is 0 Å². The van der Waals surface area contributed by atoms with Crippen LogP contribution in [0, 0.1) is 5.92 Å². The van der Waals surface area contributed by atoms with E-state index in [1.54, 1.807) is 31.2 Å². The number of urea groups is 1. The first-order valence-electron chi connectivity index (χ1n) is 12.3. The fourth-order valence-electron chi connectivity index (χ4n) is 4.42. The number of aliphatic imine (C=N–C) groups is 2. The number of nitrogens with zero attached hydrogens (tertiary/aromatic N) is 2. The number of aliphatic hydroxyl groups excluding tert-OH is 2. The third kappa shape index (κ3) is 7.80. The molecule has 2 aliphatic rings. The monoisotopic (exact) mass is 465 g/mol. The molecule has 0 radical (unpaired) electrons. The molecule has 1 aliphatic carbocycles. The molecule has 0 unspecified atom stereocenters. The summed E-state index contributed by atoms with van der Waals surface area (Å²) in [6, 6.07) is 20.7. The van der Waals surface area contributed by atoms with Crippen LogP contribution in [0.3, 0.4) is 0 Å². The van der Waals surface area contributed by atoms with Gasteiger partial charge < -0.3 is 15.5 Å². The number of rotatable bonds is 5. The van der Waals surface area contributed by atoms with Gasteiger partial charge in [-0.25, -0.2) is 4.79 Å². The third-order valence-electron chi connectivity index (χ3n) is 6.53. The van der Waals surface area contributed by atoms with Crippen molar-refractivity contribution in [2.45, 2.75) is 70.3 Å². The lowest BCUT2D eigenvalue weighted by atomic mass is 9.77. The van der Waals surface area contributed by atoms with E-state index in [1.165, 1.54) is 38.5 Å². The van der Waals surface area contributed by atoms with Crippen molar-refractivity contribution in [2.24, 2.45) is 15.9 Å². The second-order valence-electron chi connectivity index (χ2n) is 8.86. The van der Waals surface area contributed by atoms with Crippen molar-refractivity contribution in [1.82, 2.24) is 5.32 Å². The van der Waals surface area contributed by atoms with Crippen LogP contribution >= 0.6 is 0 Å². The summed E-state index contributed by atoms with van der Waals surface area (Å²) in [6.07, 6.45) is 9.12. The molecule has 2 aromatic rings. The van der Waals surface area contributed by atoms with E-state index in [9.17, 15) is 15.0 Å². The van der Waals surface area contributed by atoms with Crippen LogP contribution in [-0.2, 0) is 5.41 Å². The minimum absolute atomic E-state index is 0.356. The number of carbonyl (C=O) groups is 1. The molecular weight excluding hydrogens is 426 g/mol. The first kappa shape index (κ1) is 27.3. The molecule has 0 bridgehead atoms. The summed E-state index contributed by atoms with van der Waals surface area (Å²) in [5.74, 6) is 0.193. The standard InChI is InChI=1S/C12H12N2O3.C10H21N.C6H6/c1-2-12(8-6-4-3-5-7-8)9(15)13-11(17)14-10(12)16;1-9(11-2)8-10-6-4-3-5-7-10;1-2-4-6-5-3-1/h3-7H,2H2,1H3,(H2,13,14,15,16,17);9-11H,3-8H2,1-2H3;1-6H/t;9-;/m.0./s1. The molecule has 2 amide bonds. The van der Waals surface area contributed by atoms with Gasteiger partial charge in [-0.1, -0.05) is 106 Å². The lowest BCUT2D eigenvalue weighted by Crippen LogP contribution is -2.46. The zero-order valence-electron chi connectivity index (χ0n) is 20.7. The molecule has 1 atom stereocenters. The molecule has 1 aliphatic heterocycles. The van der Waals surface area contributed by atoms with E-state index >= 15 is 0 Å². The fourth-order valence-corrected chi connectivity index (χ4v) is 4.42. The van der Waals surface area contributed by atoms with Crippen molar-refractivity contribution in [3.05, 3.63) is 72.3 Å². The topological polar surface area (TPSA) is 94.3 Å². The number of aliphatic hydroxyl groups is 2. The van der Waals surface area contributed by atoms with E-state index < -0.39 is 23.2 Å². The Hall–Kier alpha value is -2.99. The van der Waals surface area contributed by atoms with E-state index in [1.807, 2.05) is 42.5 Å². The predicted molar refractivity (Wildman–Crippen MR) is 140 cm³/mol. The van der Waals surface area contributed by atoms with Gasteiger partial charge in [-0.05, 0) is 38.3 Å². The van der Waals surface area contributed by atoms with E-state index in [2.05, 4.69) is 29.3 Å². The van der Waals surface area contributed by atoms with Gasteiger partial charge >= 0.3 is 6.03 Å². The normalized spacial score (nSPS) is 18.3. The first-order chi connectivity index (χ1) is 16.4. The minimum atomic E-state index is -1.20. The van der Waals surface area contributed by atoms with Crippen LogP contribution in [0.15, 0.2) is 76.7 Å². The Morgan fingerprint density at radius 3 is 1.82 bits per heavy atom. The van der Waals surface area contributed by atoms with Gasteiger partial charge in [-0.2, -0.15) is 9.98 Å². The summed E-state index contributed by atoms with van der Waals surface area (Å²) >= 11 is 0. The Morgan fingerprint density at radius 2 is 1.38 bits per heavy atom. The SMILES string of the molecule is CCC1(c2ccccc2)C(O)=NC(=O)N=C1O.CN[C@@H](C)CC1CCCCC1.c1ccccc1. The van der Waals surface area contributed by atoms with Crippen molar-refractivity contribution >= 4 is 17.8 Å². The van der Waals surface area contributed by atoms with Gasteiger partial charge in [0.15, 0.2) is 0 Å². The number of hydrogen-bond donors (Lipinski definition) is 3. The molecule has 184 valence electrons. The maximum atomic E-state index is 11.0. The van der Waals surface area contributed by atoms with Crippen LogP contribution in [0.25, 0.3) is 0 Å². The number of nitrogens with one attached hydrogen (secondary N) is 1. The average Bonchev–Trinajstić information content (AvgIpc) is 2.87. The van der Waals surface area contributed by atoms with Crippen LogP contribution in [0.4, 0.5) is 4.79 Å². The van der Waals surface area contributed by atoms with Crippen molar-refractivity contribution in [2.75, 3.05) is 7.05 Å². The van der Waals surface area contributed by atoms with Crippen LogP contribution < -0.4 is 5.32 Å². The van der Waals surface area contributed by atoms with Crippen molar-refractivity contribution in [1.29, 1.82) is 0 Å². The lowest BCUT2D eigenvalue weighted by Gasteiger charge is -2.30. The molecule has 1 fully saturated rings. The second kappa shape index (κ2) is 14.3. The Morgan fingerprint density at radius 1 is 0.912 bits per heavy atom. The van der Waals surface area contributed by atoms with Gasteiger partial charge in [0.25, 0.3) is 0 Å². The van der Waals surface area contributed by atoms with Crippen molar-refractivity contribution in [3.8, 4) is 0 Å². The van der Waals surface area contributed by atoms with E-state index in [4.69, 9.17) is 0 Å². The third-order valence-corrected chi connectivity index (χ3v) is 6.53. The predicted octanol–water partition coefficient (Wildman–Crippen LogP) is 6.63. The largest absolute Gasteiger partial charge is 0.495 e. The molecule has 1 heterocycles. The molecule has 4 rings (SSSR count). The minimum Gasteiger partial charge on any atom is -0.495 e. The van der Waals surface area contributed by atoms with Crippen LogP contribution in [-0.4, -0.2) is 41.1 Å². The summed E-state index contributed by atoms with van der Waals surface area (Å²) in [7, 11) is 2.06. The highest BCUT2D eigenvalue weighted by molar-refractivity contribution is 6.17. The molecule has 0 saturated heterocycles. The van der Waals surface area contributed by atoms with Gasteiger partial charge in [0.05, 0.1) is 0 Å². The molecule has 1 saturated carbocycles. The molecule has 2 aromatic carbocycles. The molecule has 34 heavy (non-hydrogen) atoms. The fraction of sp³-hybridized carbons (Fsp3) is 0.464. The van der Waals surface area contributed by atoms with Crippen molar-refractivity contribution < 1.29 is 15.0 Å². The van der Waals surface area contributed by atoms with Gasteiger partial charge in [0.1, 0.15) is 5.41 Å². The summed E-state index contributed by atoms with van der Waals surface area (Å²) < 4.78 is 0. The van der Waals surface area contributed by atoms with E-state index in [0.717, 1.165) is 12.0 Å². The lowest BCUT2D eigenvalue weighted by molar-refractivity contribution is 0.254. The summed E-state index contributed by atoms with van der Waals surface area (Å²) in [6.45, 7) is 4.06. The first-order valence-corrected chi connectivity index (χ1v) is 12.3. The highest BCUT2D eigenvalue weighted by Crippen LogP contribution is 2.32. The maximum absolute atomic E-state index is 11.0. The quantitative estimate of drug-likeness (QED) is 0.462. The van der Waals surface area contributed by atoms with Gasteiger partial charge in [-0.3, -0.25) is 0 Å². The second-order valence-corrected chi connectivity index (χ2v) is 8.86. The van der Waals surface area contributed by atoms with Crippen molar-refractivity contribution in [3.63, 3.8) is 0 Å². The highest BCUT2D eigenvalue weighted by atomic mass is 16.3. The average molecular weight is 466 g/mol. The van der Waals surface area contributed by atoms with Gasteiger partial charge in [0, 0.05) is 6.04 Å². The summed E-state index contributed by atoms with van der Waals surface area (Å²) in [5.41, 5.74) is -0.549. The highest BCUT2D eigenvalue weighted by Gasteiger charge is 2.45. The smallest absolute Gasteiger partial charge is 0.373 e. The Bertz CT molecular complexity index is 858. The summed E-state index contributed by atoms with van der Waals surface area (Å²) in [4.78, 5) is 17.9. The number of amides is 2. The molecular formula is C28H39N3O3. The van der Waals surface area contributed by atoms with E-state index in [0.29, 0.717) is 12.0 Å². The number of hydrogen-bond acceptors (Lipinski definition) is 2. The van der Waals surface area contributed by atoms with Gasteiger partial charge in [0.2, 0.25) is 11.8 Å². The van der Waals surface area contributed by atoms with Gasteiger partial charge in [-0.15, -0.1) is 0 Å². The molecule has 6 heteroatoms. The van der Waals surface area contributed by atoms with Crippen LogP contribution in [0.1, 0.15) is 64.4 Å². The zero-order valence-corrected chi connectivity index (χ0v) is 20.7. The Kier molecular flexibility index (Phi) is 11.5. The zero-order chi connectivity index (χ0) is 24.8. The van der Waals surface area contributed by atoms with Crippen LogP contribution in [0.5, 0.6) is 0 Å².